The summed E-state index contributed by atoms with van der Waals surface area (Å²) in [5, 5.41) is 2.89. The number of carbonyl (C=O) groups excluding carboxylic acids is 1. The van der Waals surface area contributed by atoms with E-state index in [0.29, 0.717) is 17.7 Å². The van der Waals surface area contributed by atoms with E-state index in [0.717, 1.165) is 10.9 Å². The Morgan fingerprint density at radius 1 is 1.65 bits per heavy atom. The quantitative estimate of drug-likeness (QED) is 0.662. The standard InChI is InChI=1S/C13H15BrN2O/c1-3-5-10(4-2)16-13(17)9-6-7-12(15)11(14)8-9/h1,6-8,10H,4-5,15H2,2H3,(H,16,17). The molecule has 4 heteroatoms. The maximum absolute atomic E-state index is 11.9. The van der Waals surface area contributed by atoms with Gasteiger partial charge in [0.2, 0.25) is 0 Å². The first-order valence-electron chi connectivity index (χ1n) is 5.37. The zero-order valence-corrected chi connectivity index (χ0v) is 11.3. The van der Waals surface area contributed by atoms with Crippen molar-refractivity contribution < 1.29 is 4.79 Å². The Kier molecular flexibility index (Phi) is 5.05. The predicted octanol–water partition coefficient (Wildman–Crippen LogP) is 2.56. The van der Waals surface area contributed by atoms with Crippen LogP contribution in [0.25, 0.3) is 0 Å². The molecule has 0 aliphatic carbocycles. The van der Waals surface area contributed by atoms with Gasteiger partial charge in [-0.25, -0.2) is 0 Å². The van der Waals surface area contributed by atoms with E-state index in [9.17, 15) is 4.79 Å². The monoisotopic (exact) mass is 294 g/mol. The van der Waals surface area contributed by atoms with Gasteiger partial charge in [-0.05, 0) is 40.5 Å². The van der Waals surface area contributed by atoms with Gasteiger partial charge in [0, 0.05) is 28.2 Å². The van der Waals surface area contributed by atoms with Crippen LogP contribution < -0.4 is 11.1 Å². The number of hydrogen-bond acceptors (Lipinski definition) is 2. The highest BCUT2D eigenvalue weighted by atomic mass is 79.9. The Bertz CT molecular complexity index is 451. The summed E-state index contributed by atoms with van der Waals surface area (Å²) in [7, 11) is 0. The molecular weight excluding hydrogens is 280 g/mol. The second kappa shape index (κ2) is 6.31. The van der Waals surface area contributed by atoms with Crippen molar-refractivity contribution in [3.8, 4) is 12.3 Å². The minimum absolute atomic E-state index is 0.0174. The number of amides is 1. The average molecular weight is 295 g/mol. The summed E-state index contributed by atoms with van der Waals surface area (Å²) in [6.07, 6.45) is 6.59. The fraction of sp³-hybridized carbons (Fsp3) is 0.308. The first-order chi connectivity index (χ1) is 8.08. The lowest BCUT2D eigenvalue weighted by Gasteiger charge is -2.14. The molecule has 0 heterocycles. The van der Waals surface area contributed by atoms with Gasteiger partial charge >= 0.3 is 0 Å². The first kappa shape index (κ1) is 13.6. The minimum Gasteiger partial charge on any atom is -0.398 e. The smallest absolute Gasteiger partial charge is 0.251 e. The van der Waals surface area contributed by atoms with Crippen molar-refractivity contribution in [1.82, 2.24) is 5.32 Å². The lowest BCUT2D eigenvalue weighted by molar-refractivity contribution is 0.0936. The molecule has 0 aromatic heterocycles. The van der Waals surface area contributed by atoms with E-state index in [1.165, 1.54) is 0 Å². The summed E-state index contributed by atoms with van der Waals surface area (Å²) in [4.78, 5) is 11.9. The van der Waals surface area contributed by atoms with Gasteiger partial charge < -0.3 is 11.1 Å². The normalized spacial score (nSPS) is 11.6. The molecule has 17 heavy (non-hydrogen) atoms. The number of halogens is 1. The van der Waals surface area contributed by atoms with Gasteiger partial charge in [-0.3, -0.25) is 4.79 Å². The van der Waals surface area contributed by atoms with E-state index in [1.54, 1.807) is 18.2 Å². The zero-order chi connectivity index (χ0) is 12.8. The van der Waals surface area contributed by atoms with Crippen LogP contribution in [0.3, 0.4) is 0 Å². The molecule has 1 aromatic rings. The predicted molar refractivity (Wildman–Crippen MR) is 73.5 cm³/mol. The van der Waals surface area contributed by atoms with Crippen molar-refractivity contribution in [2.45, 2.75) is 25.8 Å². The average Bonchev–Trinajstić information content (AvgIpc) is 2.31. The Morgan fingerprint density at radius 2 is 2.35 bits per heavy atom. The fourth-order valence-corrected chi connectivity index (χ4v) is 1.76. The summed E-state index contributed by atoms with van der Waals surface area (Å²) in [6.45, 7) is 1.99. The number of nitrogens with one attached hydrogen (secondary N) is 1. The van der Waals surface area contributed by atoms with Crippen molar-refractivity contribution in [3.05, 3.63) is 28.2 Å². The Labute approximate surface area is 110 Å². The van der Waals surface area contributed by atoms with Crippen molar-refractivity contribution >= 4 is 27.5 Å². The summed E-state index contributed by atoms with van der Waals surface area (Å²) in [5.74, 6) is 2.42. The first-order valence-corrected chi connectivity index (χ1v) is 6.17. The number of benzene rings is 1. The fourth-order valence-electron chi connectivity index (χ4n) is 1.38. The SMILES string of the molecule is C#CCC(CC)NC(=O)c1ccc(N)c(Br)c1. The summed E-state index contributed by atoms with van der Waals surface area (Å²) in [6, 6.07) is 5.11. The van der Waals surface area contributed by atoms with Gasteiger partial charge in [0.15, 0.2) is 0 Å². The number of terminal acetylenes is 1. The third kappa shape index (κ3) is 3.79. The van der Waals surface area contributed by atoms with Crippen LogP contribution in [-0.2, 0) is 0 Å². The van der Waals surface area contributed by atoms with Crippen molar-refractivity contribution in [2.24, 2.45) is 0 Å². The van der Waals surface area contributed by atoms with Gasteiger partial charge in [0.25, 0.3) is 5.91 Å². The van der Waals surface area contributed by atoms with Crippen LogP contribution in [0.2, 0.25) is 0 Å². The number of hydrogen-bond donors (Lipinski definition) is 2. The van der Waals surface area contributed by atoms with E-state index in [4.69, 9.17) is 12.2 Å². The molecule has 0 bridgehead atoms. The number of anilines is 1. The highest BCUT2D eigenvalue weighted by Crippen LogP contribution is 2.20. The molecule has 0 aliphatic rings. The Morgan fingerprint density at radius 3 is 2.88 bits per heavy atom. The van der Waals surface area contributed by atoms with Crippen molar-refractivity contribution in [1.29, 1.82) is 0 Å². The van der Waals surface area contributed by atoms with Gasteiger partial charge in [-0.2, -0.15) is 0 Å². The van der Waals surface area contributed by atoms with E-state index >= 15 is 0 Å². The largest absolute Gasteiger partial charge is 0.398 e. The van der Waals surface area contributed by atoms with Gasteiger partial charge in [0.1, 0.15) is 0 Å². The second-order valence-corrected chi connectivity index (χ2v) is 4.58. The van der Waals surface area contributed by atoms with E-state index in [2.05, 4.69) is 27.2 Å². The van der Waals surface area contributed by atoms with Crippen LogP contribution in [-0.4, -0.2) is 11.9 Å². The van der Waals surface area contributed by atoms with Gasteiger partial charge in [0.05, 0.1) is 0 Å². The molecule has 0 saturated heterocycles. The van der Waals surface area contributed by atoms with Crippen LogP contribution in [0, 0.1) is 12.3 Å². The molecule has 0 radical (unpaired) electrons. The second-order valence-electron chi connectivity index (χ2n) is 3.72. The van der Waals surface area contributed by atoms with Crippen LogP contribution >= 0.6 is 15.9 Å². The van der Waals surface area contributed by atoms with E-state index in [-0.39, 0.29) is 11.9 Å². The van der Waals surface area contributed by atoms with Crippen LogP contribution in [0.4, 0.5) is 5.69 Å². The van der Waals surface area contributed by atoms with Crippen LogP contribution in [0.1, 0.15) is 30.1 Å². The van der Waals surface area contributed by atoms with Gasteiger partial charge in [-0.1, -0.05) is 6.92 Å². The maximum atomic E-state index is 11.9. The number of carbonyl (C=O) groups is 1. The van der Waals surface area contributed by atoms with Crippen molar-refractivity contribution in [2.75, 3.05) is 5.73 Å². The number of nitrogen functional groups attached to an aromatic ring is 1. The molecule has 0 aliphatic heterocycles. The molecule has 0 spiro atoms. The molecule has 0 fully saturated rings. The molecule has 3 N–H and O–H groups in total. The van der Waals surface area contributed by atoms with Gasteiger partial charge in [-0.15, -0.1) is 12.3 Å². The molecule has 90 valence electrons. The van der Waals surface area contributed by atoms with Crippen LogP contribution in [0.5, 0.6) is 0 Å². The van der Waals surface area contributed by atoms with Crippen LogP contribution in [0.15, 0.2) is 22.7 Å². The summed E-state index contributed by atoms with van der Waals surface area (Å²) < 4.78 is 0.718. The highest BCUT2D eigenvalue weighted by molar-refractivity contribution is 9.10. The third-order valence-corrected chi connectivity index (χ3v) is 3.14. The van der Waals surface area contributed by atoms with E-state index < -0.39 is 0 Å². The molecule has 1 rings (SSSR count). The molecule has 1 atom stereocenters. The zero-order valence-electron chi connectivity index (χ0n) is 9.66. The molecule has 0 saturated carbocycles. The Balaban J connectivity index is 2.76. The molecule has 3 nitrogen and oxygen atoms in total. The number of nitrogens with two attached hydrogens (primary N) is 1. The Hall–Kier alpha value is -1.47. The topological polar surface area (TPSA) is 55.1 Å². The van der Waals surface area contributed by atoms with Crippen molar-refractivity contribution in [3.63, 3.8) is 0 Å². The maximum Gasteiger partial charge on any atom is 0.251 e. The highest BCUT2D eigenvalue weighted by Gasteiger charge is 2.12. The molecule has 1 aromatic carbocycles. The third-order valence-electron chi connectivity index (χ3n) is 2.45. The minimum atomic E-state index is -0.132. The summed E-state index contributed by atoms with van der Waals surface area (Å²) in [5.41, 5.74) is 6.84. The molecular formula is C13H15BrN2O. The summed E-state index contributed by atoms with van der Waals surface area (Å²) >= 11 is 3.29. The molecule has 1 amide bonds. The molecule has 1 unspecified atom stereocenters. The lowest BCUT2D eigenvalue weighted by atomic mass is 10.1. The lowest BCUT2D eigenvalue weighted by Crippen LogP contribution is -2.34. The van der Waals surface area contributed by atoms with E-state index in [1.807, 2.05) is 6.92 Å². The number of rotatable bonds is 4.